The normalized spacial score (nSPS) is 26.0. The number of benzene rings is 3. The fourth-order valence-corrected chi connectivity index (χ4v) is 7.79. The van der Waals surface area contributed by atoms with Gasteiger partial charge in [0.1, 0.15) is 0 Å². The molecule has 3 aromatic rings. The summed E-state index contributed by atoms with van der Waals surface area (Å²) in [4.78, 5) is 13.0. The molecule has 5 atom stereocenters. The van der Waals surface area contributed by atoms with E-state index in [4.69, 9.17) is 11.6 Å². The Morgan fingerprint density at radius 3 is 2.71 bits per heavy atom. The number of rotatable bonds is 7. The number of fused-ring (bicyclic) bond motifs is 7. The summed E-state index contributed by atoms with van der Waals surface area (Å²) in [6.07, 6.45) is 4.01. The van der Waals surface area contributed by atoms with Crippen LogP contribution in [0.25, 0.3) is 0 Å². The first kappa shape index (κ1) is 23.0. The van der Waals surface area contributed by atoms with E-state index in [1.807, 2.05) is 36.0 Å². The first-order valence-corrected chi connectivity index (χ1v) is 14.3. The lowest BCUT2D eigenvalue weighted by Crippen LogP contribution is -2.35. The van der Waals surface area contributed by atoms with Gasteiger partial charge in [0.05, 0.1) is 6.04 Å². The van der Waals surface area contributed by atoms with E-state index < -0.39 is 0 Å². The van der Waals surface area contributed by atoms with E-state index in [2.05, 4.69) is 59.2 Å². The van der Waals surface area contributed by atoms with Crippen LogP contribution in [0.4, 0.5) is 5.69 Å². The third-order valence-electron chi connectivity index (χ3n) is 8.20. The molecule has 3 nitrogen and oxygen atoms in total. The van der Waals surface area contributed by atoms with Crippen LogP contribution in [0, 0.1) is 17.8 Å². The molecule has 2 aliphatic carbocycles. The maximum Gasteiger partial charge on any atom is 0.251 e. The van der Waals surface area contributed by atoms with Gasteiger partial charge in [-0.25, -0.2) is 0 Å². The molecule has 180 valence electrons. The van der Waals surface area contributed by atoms with Gasteiger partial charge in [-0.05, 0) is 90.0 Å². The van der Waals surface area contributed by atoms with Crippen molar-refractivity contribution in [3.05, 3.63) is 100 Å². The zero-order chi connectivity index (χ0) is 23.8. The van der Waals surface area contributed by atoms with Crippen LogP contribution in [0.2, 0.25) is 5.02 Å². The molecule has 0 saturated heterocycles. The average Bonchev–Trinajstić information content (AvgIpc) is 3.51. The van der Waals surface area contributed by atoms with Crippen molar-refractivity contribution in [2.75, 3.05) is 17.6 Å². The van der Waals surface area contributed by atoms with Gasteiger partial charge in [-0.15, -0.1) is 0 Å². The van der Waals surface area contributed by atoms with Crippen LogP contribution in [0.5, 0.6) is 0 Å². The third kappa shape index (κ3) is 4.59. The molecule has 6 rings (SSSR count). The molecule has 35 heavy (non-hydrogen) atoms. The van der Waals surface area contributed by atoms with E-state index in [1.54, 1.807) is 0 Å². The zero-order valence-electron chi connectivity index (χ0n) is 19.8. The molecule has 2 fully saturated rings. The molecule has 5 heteroatoms. The highest BCUT2D eigenvalue weighted by atomic mass is 35.5. The summed E-state index contributed by atoms with van der Waals surface area (Å²) in [5.41, 5.74) is 5.95. The molecular weight excluding hydrogens is 472 g/mol. The van der Waals surface area contributed by atoms with E-state index in [1.165, 1.54) is 41.6 Å². The van der Waals surface area contributed by atoms with Crippen molar-refractivity contribution >= 4 is 35.0 Å². The van der Waals surface area contributed by atoms with Gasteiger partial charge in [-0.2, -0.15) is 11.8 Å². The fourth-order valence-electron chi connectivity index (χ4n) is 6.77. The molecule has 1 heterocycles. The van der Waals surface area contributed by atoms with Crippen molar-refractivity contribution in [2.45, 2.75) is 37.0 Å². The van der Waals surface area contributed by atoms with Gasteiger partial charge in [0.2, 0.25) is 0 Å². The van der Waals surface area contributed by atoms with E-state index in [0.29, 0.717) is 24.4 Å². The molecule has 3 aliphatic rings. The molecule has 0 aromatic heterocycles. The van der Waals surface area contributed by atoms with Gasteiger partial charge in [0.25, 0.3) is 5.91 Å². The minimum atomic E-state index is 0.0287. The van der Waals surface area contributed by atoms with Crippen molar-refractivity contribution in [3.8, 4) is 0 Å². The largest absolute Gasteiger partial charge is 0.378 e. The maximum absolute atomic E-state index is 13.0. The van der Waals surface area contributed by atoms with Gasteiger partial charge in [-0.3, -0.25) is 4.79 Å². The second-order valence-corrected chi connectivity index (χ2v) is 11.8. The lowest BCUT2D eigenvalue weighted by atomic mass is 9.68. The highest BCUT2D eigenvalue weighted by Gasteiger charge is 2.53. The Balaban J connectivity index is 1.13. The van der Waals surface area contributed by atoms with Crippen molar-refractivity contribution in [3.63, 3.8) is 0 Å². The Labute approximate surface area is 217 Å². The second kappa shape index (κ2) is 9.91. The number of hydrogen-bond donors (Lipinski definition) is 2. The summed E-state index contributed by atoms with van der Waals surface area (Å²) in [5.74, 6) is 4.50. The summed E-state index contributed by atoms with van der Waals surface area (Å²) < 4.78 is 0. The summed E-state index contributed by atoms with van der Waals surface area (Å²) in [5, 5.41) is 7.77. The Morgan fingerprint density at radius 2 is 1.86 bits per heavy atom. The standard InChI is InChI=1S/C30H31ClN2OS/c31-24-8-4-5-19(15-24)18-35-14-13-32-30(34)23-11-12-26-25(17-23)27-21-9-10-22(16-21)28(27)29(33-26)20-6-2-1-3-7-20/h1-8,11-12,15,17,21-22,27-29,33H,9-10,13-14,16,18H2,(H,32,34)/t21-,22-,27-,28-,29-/m0/s1. The summed E-state index contributed by atoms with van der Waals surface area (Å²) in [7, 11) is 0. The Hall–Kier alpha value is -2.43. The topological polar surface area (TPSA) is 41.1 Å². The highest BCUT2D eigenvalue weighted by Crippen LogP contribution is 2.63. The molecular formula is C30H31ClN2OS. The first-order chi connectivity index (χ1) is 17.2. The Kier molecular flexibility index (Phi) is 6.51. The predicted molar refractivity (Wildman–Crippen MR) is 146 cm³/mol. The number of carbonyl (C=O) groups excluding carboxylic acids is 1. The van der Waals surface area contributed by atoms with Crippen LogP contribution >= 0.6 is 23.4 Å². The number of hydrogen-bond acceptors (Lipinski definition) is 3. The summed E-state index contributed by atoms with van der Waals surface area (Å²) in [6.45, 7) is 0.659. The van der Waals surface area contributed by atoms with Crippen LogP contribution in [0.1, 0.15) is 58.3 Å². The molecule has 2 saturated carbocycles. The highest BCUT2D eigenvalue weighted by molar-refractivity contribution is 7.98. The van der Waals surface area contributed by atoms with Crippen molar-refractivity contribution in [1.82, 2.24) is 5.32 Å². The molecule has 1 aliphatic heterocycles. The van der Waals surface area contributed by atoms with Crippen LogP contribution in [0.3, 0.4) is 0 Å². The number of thioether (sulfide) groups is 1. The summed E-state index contributed by atoms with van der Waals surface area (Å²) in [6, 6.07) is 25.5. The number of anilines is 1. The molecule has 1 amide bonds. The molecule has 0 spiro atoms. The maximum atomic E-state index is 13.0. The van der Waals surface area contributed by atoms with Gasteiger partial charge in [0, 0.05) is 34.3 Å². The number of amides is 1. The number of nitrogens with one attached hydrogen (secondary N) is 2. The SMILES string of the molecule is O=C(NCCSCc1cccc(Cl)c1)c1ccc2c(c1)[C@@H]1[C@H]3CC[C@@H](C3)[C@@H]1[C@H](c1ccccc1)N2. The van der Waals surface area contributed by atoms with Crippen molar-refractivity contribution < 1.29 is 4.79 Å². The smallest absolute Gasteiger partial charge is 0.251 e. The average molecular weight is 503 g/mol. The fraction of sp³-hybridized carbons (Fsp3) is 0.367. The molecule has 0 unspecified atom stereocenters. The van der Waals surface area contributed by atoms with Crippen LogP contribution in [-0.4, -0.2) is 18.2 Å². The lowest BCUT2D eigenvalue weighted by Gasteiger charge is -2.43. The Bertz CT molecular complexity index is 1220. The molecule has 2 N–H and O–H groups in total. The molecule has 0 radical (unpaired) electrons. The zero-order valence-corrected chi connectivity index (χ0v) is 21.3. The minimum Gasteiger partial charge on any atom is -0.378 e. The van der Waals surface area contributed by atoms with Gasteiger partial charge in [-0.1, -0.05) is 54.1 Å². The lowest BCUT2D eigenvalue weighted by molar-refractivity contribution is 0.0956. The van der Waals surface area contributed by atoms with Crippen LogP contribution < -0.4 is 10.6 Å². The molecule has 3 aromatic carbocycles. The number of carbonyl (C=O) groups is 1. The van der Waals surface area contributed by atoms with Gasteiger partial charge < -0.3 is 10.6 Å². The predicted octanol–water partition coefficient (Wildman–Crippen LogP) is 7.30. The monoisotopic (exact) mass is 502 g/mol. The van der Waals surface area contributed by atoms with Gasteiger partial charge in [0.15, 0.2) is 0 Å². The van der Waals surface area contributed by atoms with E-state index in [-0.39, 0.29) is 5.91 Å². The van der Waals surface area contributed by atoms with Crippen molar-refractivity contribution in [1.29, 1.82) is 0 Å². The summed E-state index contributed by atoms with van der Waals surface area (Å²) >= 11 is 7.88. The first-order valence-electron chi connectivity index (χ1n) is 12.7. The number of halogens is 1. The van der Waals surface area contributed by atoms with Crippen LogP contribution in [-0.2, 0) is 5.75 Å². The second-order valence-electron chi connectivity index (χ2n) is 10.2. The minimum absolute atomic E-state index is 0.0287. The van der Waals surface area contributed by atoms with E-state index in [0.717, 1.165) is 33.9 Å². The van der Waals surface area contributed by atoms with E-state index in [9.17, 15) is 4.79 Å². The molecule has 2 bridgehead atoms. The van der Waals surface area contributed by atoms with E-state index >= 15 is 0 Å². The van der Waals surface area contributed by atoms with Gasteiger partial charge >= 0.3 is 0 Å². The van der Waals surface area contributed by atoms with Crippen LogP contribution in [0.15, 0.2) is 72.8 Å². The van der Waals surface area contributed by atoms with Crippen molar-refractivity contribution in [2.24, 2.45) is 17.8 Å². The quantitative estimate of drug-likeness (QED) is 0.333. The third-order valence-corrected chi connectivity index (χ3v) is 9.46. The Morgan fingerprint density at radius 1 is 1.00 bits per heavy atom.